The van der Waals surface area contributed by atoms with E-state index in [1.165, 1.54) is 0 Å². The van der Waals surface area contributed by atoms with E-state index in [1.54, 1.807) is 35.9 Å². The lowest BCUT2D eigenvalue weighted by molar-refractivity contribution is -0.145. The van der Waals surface area contributed by atoms with Crippen molar-refractivity contribution in [2.75, 3.05) is 7.11 Å². The predicted molar refractivity (Wildman–Crippen MR) is 110 cm³/mol. The third-order valence-corrected chi connectivity index (χ3v) is 5.21. The van der Waals surface area contributed by atoms with Gasteiger partial charge in [0, 0.05) is 23.0 Å². The number of ether oxygens (including phenoxy) is 2. The van der Waals surface area contributed by atoms with Crippen molar-refractivity contribution in [3.63, 3.8) is 0 Å². The van der Waals surface area contributed by atoms with Crippen molar-refractivity contribution < 1.29 is 14.3 Å². The first-order valence-corrected chi connectivity index (χ1v) is 9.93. The van der Waals surface area contributed by atoms with Gasteiger partial charge in [-0.2, -0.15) is 0 Å². The standard InChI is InChI=1S/C22H21ClN2O4/c1-28-19-9-6-15(23)12-14(19)13-29-21(26)11-10-20-24-18-5-3-2-4-17(18)22(27)25(20)16-7-8-16/h2-6,9,12,16H,7-8,10-11,13H2,1H3. The Morgan fingerprint density at radius 1 is 1.24 bits per heavy atom. The first-order valence-electron chi connectivity index (χ1n) is 9.55. The molecule has 0 unspecified atom stereocenters. The van der Waals surface area contributed by atoms with Crippen molar-refractivity contribution in [1.82, 2.24) is 9.55 Å². The number of hydrogen-bond donors (Lipinski definition) is 0. The Morgan fingerprint density at radius 3 is 2.79 bits per heavy atom. The zero-order valence-electron chi connectivity index (χ0n) is 16.1. The lowest BCUT2D eigenvalue weighted by atomic mass is 10.2. The van der Waals surface area contributed by atoms with E-state index in [4.69, 9.17) is 21.1 Å². The number of halogens is 1. The van der Waals surface area contributed by atoms with Crippen LogP contribution in [0.2, 0.25) is 5.02 Å². The molecule has 0 bridgehead atoms. The maximum absolute atomic E-state index is 12.9. The number of hydrogen-bond acceptors (Lipinski definition) is 5. The molecule has 0 saturated heterocycles. The molecule has 1 aliphatic carbocycles. The van der Waals surface area contributed by atoms with Gasteiger partial charge in [0.2, 0.25) is 0 Å². The predicted octanol–water partition coefficient (Wildman–Crippen LogP) is 4.07. The van der Waals surface area contributed by atoms with Crippen molar-refractivity contribution in [2.45, 2.75) is 38.3 Å². The maximum Gasteiger partial charge on any atom is 0.306 e. The molecule has 0 atom stereocenters. The van der Waals surface area contributed by atoms with Crippen LogP contribution >= 0.6 is 11.6 Å². The van der Waals surface area contributed by atoms with Gasteiger partial charge in [-0.15, -0.1) is 0 Å². The first kappa shape index (κ1) is 19.5. The summed E-state index contributed by atoms with van der Waals surface area (Å²) in [5.41, 5.74) is 1.32. The summed E-state index contributed by atoms with van der Waals surface area (Å²) in [4.78, 5) is 29.8. The Kier molecular flexibility index (Phi) is 5.53. The minimum Gasteiger partial charge on any atom is -0.496 e. The van der Waals surface area contributed by atoms with Crippen LogP contribution < -0.4 is 10.3 Å². The van der Waals surface area contributed by atoms with E-state index in [-0.39, 0.29) is 30.6 Å². The Labute approximate surface area is 173 Å². The zero-order valence-corrected chi connectivity index (χ0v) is 16.8. The lowest BCUT2D eigenvalue weighted by Gasteiger charge is -2.13. The number of carbonyl (C=O) groups is 1. The average molecular weight is 413 g/mol. The number of esters is 1. The Morgan fingerprint density at radius 2 is 2.03 bits per heavy atom. The van der Waals surface area contributed by atoms with Crippen LogP contribution in [0.15, 0.2) is 47.3 Å². The highest BCUT2D eigenvalue weighted by Crippen LogP contribution is 2.35. The van der Waals surface area contributed by atoms with Gasteiger partial charge in [-0.05, 0) is 43.2 Å². The van der Waals surface area contributed by atoms with E-state index in [2.05, 4.69) is 4.98 Å². The molecule has 29 heavy (non-hydrogen) atoms. The van der Waals surface area contributed by atoms with Gasteiger partial charge in [0.1, 0.15) is 18.2 Å². The number of rotatable bonds is 7. The monoisotopic (exact) mass is 412 g/mol. The van der Waals surface area contributed by atoms with Crippen LogP contribution in [-0.2, 0) is 22.6 Å². The van der Waals surface area contributed by atoms with Crippen LogP contribution in [0.4, 0.5) is 0 Å². The fourth-order valence-corrected chi connectivity index (χ4v) is 3.58. The van der Waals surface area contributed by atoms with Crippen molar-refractivity contribution in [2.24, 2.45) is 0 Å². The molecule has 0 radical (unpaired) electrons. The number of aryl methyl sites for hydroxylation is 1. The zero-order chi connectivity index (χ0) is 20.4. The fourth-order valence-electron chi connectivity index (χ4n) is 3.38. The second-order valence-corrected chi connectivity index (χ2v) is 7.50. The molecule has 0 amide bonds. The molecule has 1 aromatic heterocycles. The molecule has 0 spiro atoms. The van der Waals surface area contributed by atoms with Gasteiger partial charge in [0.25, 0.3) is 5.56 Å². The normalized spacial score (nSPS) is 13.4. The number of aromatic nitrogens is 2. The number of benzene rings is 2. The van der Waals surface area contributed by atoms with Gasteiger partial charge in [0.05, 0.1) is 24.4 Å². The molecule has 150 valence electrons. The summed E-state index contributed by atoms with van der Waals surface area (Å²) in [6.45, 7) is 0.0726. The smallest absolute Gasteiger partial charge is 0.306 e. The lowest BCUT2D eigenvalue weighted by Crippen LogP contribution is -2.25. The summed E-state index contributed by atoms with van der Waals surface area (Å²) in [6, 6.07) is 12.6. The molecule has 1 fully saturated rings. The van der Waals surface area contributed by atoms with Crippen LogP contribution in [-0.4, -0.2) is 22.6 Å². The van der Waals surface area contributed by atoms with E-state index < -0.39 is 0 Å². The second kappa shape index (κ2) is 8.25. The van der Waals surface area contributed by atoms with Gasteiger partial charge < -0.3 is 9.47 Å². The summed E-state index contributed by atoms with van der Waals surface area (Å²) < 4.78 is 12.4. The number of methoxy groups -OCH3 is 1. The highest BCUT2D eigenvalue weighted by molar-refractivity contribution is 6.30. The summed E-state index contributed by atoms with van der Waals surface area (Å²) >= 11 is 6.01. The molecule has 3 aromatic rings. The van der Waals surface area contributed by atoms with Gasteiger partial charge in [0.15, 0.2) is 0 Å². The first-order chi connectivity index (χ1) is 14.1. The van der Waals surface area contributed by atoms with Crippen LogP contribution in [0.1, 0.15) is 36.7 Å². The molecular weight excluding hydrogens is 392 g/mol. The fraction of sp³-hybridized carbons (Fsp3) is 0.318. The van der Waals surface area contributed by atoms with E-state index >= 15 is 0 Å². The van der Waals surface area contributed by atoms with Crippen molar-refractivity contribution in [1.29, 1.82) is 0 Å². The molecule has 1 heterocycles. The molecule has 6 nitrogen and oxygen atoms in total. The minimum absolute atomic E-state index is 0.0369. The Hall–Kier alpha value is -2.86. The molecule has 4 rings (SSSR count). The van der Waals surface area contributed by atoms with E-state index in [1.807, 2.05) is 18.2 Å². The number of para-hydroxylation sites is 1. The summed E-state index contributed by atoms with van der Waals surface area (Å²) in [5.74, 6) is 0.881. The SMILES string of the molecule is COc1ccc(Cl)cc1COC(=O)CCc1nc2ccccc2c(=O)n1C1CC1. The average Bonchev–Trinajstić information content (AvgIpc) is 3.56. The number of nitrogens with zero attached hydrogens (tertiary/aromatic N) is 2. The Balaban J connectivity index is 1.47. The molecule has 0 N–H and O–H groups in total. The third kappa shape index (κ3) is 4.27. The van der Waals surface area contributed by atoms with Crippen molar-refractivity contribution >= 4 is 28.5 Å². The summed E-state index contributed by atoms with van der Waals surface area (Å²) in [7, 11) is 1.55. The van der Waals surface area contributed by atoms with Gasteiger partial charge in [-0.3, -0.25) is 14.2 Å². The van der Waals surface area contributed by atoms with Gasteiger partial charge >= 0.3 is 5.97 Å². The van der Waals surface area contributed by atoms with Crippen molar-refractivity contribution in [3.05, 3.63) is 69.2 Å². The van der Waals surface area contributed by atoms with E-state index in [0.717, 1.165) is 12.8 Å². The summed E-state index contributed by atoms with van der Waals surface area (Å²) in [5, 5.41) is 1.16. The van der Waals surface area contributed by atoms with E-state index in [0.29, 0.717) is 39.5 Å². The van der Waals surface area contributed by atoms with Crippen LogP contribution in [0.5, 0.6) is 5.75 Å². The highest BCUT2D eigenvalue weighted by atomic mass is 35.5. The maximum atomic E-state index is 12.9. The quantitative estimate of drug-likeness (QED) is 0.547. The second-order valence-electron chi connectivity index (χ2n) is 7.07. The molecule has 1 aliphatic rings. The third-order valence-electron chi connectivity index (χ3n) is 4.98. The molecule has 7 heteroatoms. The molecule has 2 aromatic carbocycles. The number of fused-ring (bicyclic) bond motifs is 1. The molecular formula is C22H21ClN2O4. The van der Waals surface area contributed by atoms with E-state index in [9.17, 15) is 9.59 Å². The van der Waals surface area contributed by atoms with Crippen molar-refractivity contribution in [3.8, 4) is 5.75 Å². The van der Waals surface area contributed by atoms with Gasteiger partial charge in [-0.1, -0.05) is 23.7 Å². The van der Waals surface area contributed by atoms with Crippen LogP contribution in [0.3, 0.4) is 0 Å². The Bertz CT molecular complexity index is 1120. The topological polar surface area (TPSA) is 70.4 Å². The molecule has 0 aliphatic heterocycles. The largest absolute Gasteiger partial charge is 0.496 e. The van der Waals surface area contributed by atoms with Crippen LogP contribution in [0, 0.1) is 0 Å². The highest BCUT2D eigenvalue weighted by Gasteiger charge is 2.28. The number of carbonyl (C=O) groups excluding carboxylic acids is 1. The summed E-state index contributed by atoms with van der Waals surface area (Å²) in [6.07, 6.45) is 2.42. The van der Waals surface area contributed by atoms with Crippen LogP contribution in [0.25, 0.3) is 10.9 Å². The molecule has 1 saturated carbocycles. The minimum atomic E-state index is -0.364. The van der Waals surface area contributed by atoms with Gasteiger partial charge in [-0.25, -0.2) is 4.98 Å².